The fourth-order valence-electron chi connectivity index (χ4n) is 2.16. The normalized spacial score (nSPS) is 11.0. The number of amides is 1. The Bertz CT molecular complexity index is 686. The molecule has 0 radical (unpaired) electrons. The zero-order chi connectivity index (χ0) is 17.9. The van der Waals surface area contributed by atoms with Crippen LogP contribution in [0.3, 0.4) is 0 Å². The van der Waals surface area contributed by atoms with Gasteiger partial charge in [0, 0.05) is 29.7 Å². The molecule has 2 aromatic rings. The summed E-state index contributed by atoms with van der Waals surface area (Å²) in [5.41, 5.74) is 1.80. The Labute approximate surface area is 157 Å². The molecular formula is C19H23BrN4O. The molecule has 1 amide bonds. The molecule has 132 valence electrons. The highest BCUT2D eigenvalue weighted by molar-refractivity contribution is 9.10. The van der Waals surface area contributed by atoms with Crippen LogP contribution in [0.5, 0.6) is 0 Å². The first-order valence-electron chi connectivity index (χ1n) is 8.29. The summed E-state index contributed by atoms with van der Waals surface area (Å²) >= 11 is 3.36. The van der Waals surface area contributed by atoms with E-state index in [0.29, 0.717) is 25.2 Å². The summed E-state index contributed by atoms with van der Waals surface area (Å²) in [6.07, 6.45) is 0. The largest absolute Gasteiger partial charge is 0.357 e. The van der Waals surface area contributed by atoms with E-state index in [9.17, 15) is 4.79 Å². The third kappa shape index (κ3) is 6.97. The highest BCUT2D eigenvalue weighted by atomic mass is 79.9. The van der Waals surface area contributed by atoms with Crippen LogP contribution in [0.15, 0.2) is 64.1 Å². The van der Waals surface area contributed by atoms with E-state index in [2.05, 4.69) is 36.9 Å². The van der Waals surface area contributed by atoms with E-state index in [0.717, 1.165) is 22.5 Å². The molecule has 0 saturated heterocycles. The molecule has 0 saturated carbocycles. The van der Waals surface area contributed by atoms with Gasteiger partial charge < -0.3 is 16.0 Å². The predicted molar refractivity (Wildman–Crippen MR) is 106 cm³/mol. The van der Waals surface area contributed by atoms with Crippen LogP contribution in [0.2, 0.25) is 0 Å². The zero-order valence-corrected chi connectivity index (χ0v) is 15.8. The number of nitrogens with zero attached hydrogens (tertiary/aromatic N) is 1. The number of nitrogens with one attached hydrogen (secondary N) is 3. The van der Waals surface area contributed by atoms with E-state index < -0.39 is 0 Å². The second kappa shape index (κ2) is 10.5. The Morgan fingerprint density at radius 3 is 2.32 bits per heavy atom. The highest BCUT2D eigenvalue weighted by Crippen LogP contribution is 2.10. The molecule has 0 bridgehead atoms. The smallest absolute Gasteiger partial charge is 0.251 e. The summed E-state index contributed by atoms with van der Waals surface area (Å²) in [4.78, 5) is 16.6. The van der Waals surface area contributed by atoms with E-state index >= 15 is 0 Å². The molecule has 2 aromatic carbocycles. The molecule has 5 nitrogen and oxygen atoms in total. The first kappa shape index (κ1) is 19.0. The summed E-state index contributed by atoms with van der Waals surface area (Å²) < 4.78 is 0.954. The van der Waals surface area contributed by atoms with E-state index in [1.54, 1.807) is 12.1 Å². The molecule has 25 heavy (non-hydrogen) atoms. The van der Waals surface area contributed by atoms with Crippen molar-refractivity contribution in [3.05, 3.63) is 70.2 Å². The van der Waals surface area contributed by atoms with Crippen molar-refractivity contribution in [2.75, 3.05) is 19.6 Å². The van der Waals surface area contributed by atoms with Gasteiger partial charge in [-0.2, -0.15) is 0 Å². The van der Waals surface area contributed by atoms with Gasteiger partial charge in [-0.15, -0.1) is 0 Å². The molecule has 0 fully saturated rings. The SMILES string of the molecule is CCNC(=NCc1ccccc1)NCCNC(=O)c1ccc(Br)cc1. The maximum atomic E-state index is 12.0. The van der Waals surface area contributed by atoms with Crippen LogP contribution in [0.25, 0.3) is 0 Å². The van der Waals surface area contributed by atoms with Gasteiger partial charge in [0.1, 0.15) is 0 Å². The van der Waals surface area contributed by atoms with Gasteiger partial charge >= 0.3 is 0 Å². The Morgan fingerprint density at radius 2 is 1.64 bits per heavy atom. The van der Waals surface area contributed by atoms with Gasteiger partial charge in [-0.3, -0.25) is 4.79 Å². The van der Waals surface area contributed by atoms with Gasteiger partial charge in [-0.25, -0.2) is 4.99 Å². The lowest BCUT2D eigenvalue weighted by molar-refractivity contribution is 0.0954. The Hall–Kier alpha value is -2.34. The highest BCUT2D eigenvalue weighted by Gasteiger charge is 2.04. The number of guanidine groups is 1. The Kier molecular flexibility index (Phi) is 7.98. The third-order valence-electron chi connectivity index (χ3n) is 3.42. The average molecular weight is 403 g/mol. The number of carbonyl (C=O) groups is 1. The summed E-state index contributed by atoms with van der Waals surface area (Å²) in [6, 6.07) is 17.4. The van der Waals surface area contributed by atoms with Gasteiger partial charge in [0.05, 0.1) is 6.54 Å². The van der Waals surface area contributed by atoms with Crippen molar-refractivity contribution in [2.24, 2.45) is 4.99 Å². The van der Waals surface area contributed by atoms with E-state index in [1.807, 2.05) is 49.4 Å². The number of hydrogen-bond donors (Lipinski definition) is 3. The van der Waals surface area contributed by atoms with Gasteiger partial charge in [0.2, 0.25) is 0 Å². The Balaban J connectivity index is 1.77. The fraction of sp³-hybridized carbons (Fsp3) is 0.263. The monoisotopic (exact) mass is 402 g/mol. The molecule has 3 N–H and O–H groups in total. The molecule has 6 heteroatoms. The standard InChI is InChI=1S/C19H23BrN4O/c1-2-21-19(24-14-15-6-4-3-5-7-15)23-13-12-22-18(25)16-8-10-17(20)11-9-16/h3-11H,2,12-14H2,1H3,(H,22,25)(H2,21,23,24). The molecule has 0 unspecified atom stereocenters. The maximum Gasteiger partial charge on any atom is 0.251 e. The molecule has 2 rings (SSSR count). The third-order valence-corrected chi connectivity index (χ3v) is 3.94. The number of benzene rings is 2. The van der Waals surface area contributed by atoms with E-state index in [1.165, 1.54) is 0 Å². The second-order valence-corrected chi connectivity index (χ2v) is 6.29. The number of hydrogen-bond acceptors (Lipinski definition) is 2. The summed E-state index contributed by atoms with van der Waals surface area (Å²) in [5.74, 6) is 0.657. The lowest BCUT2D eigenvalue weighted by atomic mass is 10.2. The van der Waals surface area contributed by atoms with Gasteiger partial charge in [0.25, 0.3) is 5.91 Å². The van der Waals surface area contributed by atoms with Crippen LogP contribution in [0.1, 0.15) is 22.8 Å². The van der Waals surface area contributed by atoms with Gasteiger partial charge in [-0.05, 0) is 36.8 Å². The van der Waals surface area contributed by atoms with Crippen molar-refractivity contribution < 1.29 is 4.79 Å². The minimum atomic E-state index is -0.0828. The van der Waals surface area contributed by atoms with Crippen molar-refractivity contribution in [3.8, 4) is 0 Å². The zero-order valence-electron chi connectivity index (χ0n) is 14.3. The number of aliphatic imine (C=N–C) groups is 1. The Morgan fingerprint density at radius 1 is 0.960 bits per heavy atom. The van der Waals surface area contributed by atoms with E-state index in [4.69, 9.17) is 0 Å². The van der Waals surface area contributed by atoms with E-state index in [-0.39, 0.29) is 5.91 Å². The summed E-state index contributed by atoms with van der Waals surface area (Å²) in [6.45, 7) is 4.54. The maximum absolute atomic E-state index is 12.0. The van der Waals surface area contributed by atoms with Gasteiger partial charge in [0.15, 0.2) is 5.96 Å². The lowest BCUT2D eigenvalue weighted by Crippen LogP contribution is -2.41. The molecule has 0 aliphatic rings. The van der Waals surface area contributed by atoms with Crippen LogP contribution in [0, 0.1) is 0 Å². The quantitative estimate of drug-likeness (QED) is 0.379. The van der Waals surface area contributed by atoms with Gasteiger partial charge in [-0.1, -0.05) is 46.3 Å². The number of carbonyl (C=O) groups excluding carboxylic acids is 1. The van der Waals surface area contributed by atoms with Crippen molar-refractivity contribution in [1.29, 1.82) is 0 Å². The van der Waals surface area contributed by atoms with Crippen LogP contribution < -0.4 is 16.0 Å². The molecule has 0 aliphatic heterocycles. The predicted octanol–water partition coefficient (Wildman–Crippen LogP) is 2.93. The van der Waals surface area contributed by atoms with Crippen molar-refractivity contribution >= 4 is 27.8 Å². The van der Waals surface area contributed by atoms with Crippen molar-refractivity contribution in [1.82, 2.24) is 16.0 Å². The molecule has 0 heterocycles. The lowest BCUT2D eigenvalue weighted by Gasteiger charge is -2.12. The summed E-state index contributed by atoms with van der Waals surface area (Å²) in [5, 5.41) is 9.31. The first-order valence-corrected chi connectivity index (χ1v) is 9.08. The second-order valence-electron chi connectivity index (χ2n) is 5.37. The average Bonchev–Trinajstić information content (AvgIpc) is 2.64. The van der Waals surface area contributed by atoms with Crippen molar-refractivity contribution in [3.63, 3.8) is 0 Å². The van der Waals surface area contributed by atoms with Crippen LogP contribution >= 0.6 is 15.9 Å². The van der Waals surface area contributed by atoms with Crippen LogP contribution in [-0.2, 0) is 6.54 Å². The molecular weight excluding hydrogens is 380 g/mol. The number of halogens is 1. The molecule has 0 aliphatic carbocycles. The minimum absolute atomic E-state index is 0.0828. The molecule has 0 spiro atoms. The van der Waals surface area contributed by atoms with Crippen molar-refractivity contribution in [2.45, 2.75) is 13.5 Å². The number of rotatable bonds is 7. The van der Waals surface area contributed by atoms with Crippen LogP contribution in [-0.4, -0.2) is 31.5 Å². The molecule has 0 atom stereocenters. The first-order chi connectivity index (χ1) is 12.2. The fourth-order valence-corrected chi connectivity index (χ4v) is 2.42. The molecule has 0 aromatic heterocycles. The summed E-state index contributed by atoms with van der Waals surface area (Å²) in [7, 11) is 0. The minimum Gasteiger partial charge on any atom is -0.357 e. The topological polar surface area (TPSA) is 65.5 Å². The van der Waals surface area contributed by atoms with Crippen LogP contribution in [0.4, 0.5) is 0 Å².